The third-order valence-corrected chi connectivity index (χ3v) is 8.14. The van der Waals surface area contributed by atoms with E-state index < -0.39 is 0 Å². The van der Waals surface area contributed by atoms with Gasteiger partial charge < -0.3 is 19.3 Å². The Morgan fingerprint density at radius 1 is 1.21 bits per heavy atom. The number of rotatable bonds is 4. The number of benzene rings is 1. The highest BCUT2D eigenvalue weighted by Crippen LogP contribution is 2.48. The first-order valence-electron chi connectivity index (χ1n) is 11.1. The van der Waals surface area contributed by atoms with Crippen molar-refractivity contribution in [3.05, 3.63) is 62.9 Å². The number of hydrogen-bond donors (Lipinski definition) is 1. The number of aromatic nitrogens is 2. The molecule has 2 atom stereocenters. The molecular formula is C25H24ClN3O3S. The number of fused-ring (bicyclic) bond motifs is 3. The number of aryl methyl sites for hydroxylation is 1. The van der Waals surface area contributed by atoms with Crippen molar-refractivity contribution in [3.8, 4) is 16.9 Å². The van der Waals surface area contributed by atoms with E-state index in [1.54, 1.807) is 17.5 Å². The van der Waals surface area contributed by atoms with Crippen LogP contribution in [0.2, 0.25) is 5.02 Å². The van der Waals surface area contributed by atoms with Crippen LogP contribution in [-0.4, -0.2) is 40.3 Å². The molecule has 1 aliphatic carbocycles. The summed E-state index contributed by atoms with van der Waals surface area (Å²) in [6.07, 6.45) is 5.21. The van der Waals surface area contributed by atoms with E-state index in [0.29, 0.717) is 17.5 Å². The van der Waals surface area contributed by atoms with Crippen LogP contribution in [-0.2, 0) is 25.9 Å². The molecule has 0 saturated carbocycles. The zero-order valence-electron chi connectivity index (χ0n) is 18.5. The Morgan fingerprint density at radius 2 is 2.09 bits per heavy atom. The fourth-order valence-electron chi connectivity index (χ4n) is 5.05. The maximum atomic E-state index is 9.61. The molecule has 1 N–H and O–H groups in total. The van der Waals surface area contributed by atoms with Gasteiger partial charge in [0, 0.05) is 50.8 Å². The molecule has 0 saturated heterocycles. The molecular weight excluding hydrogens is 458 g/mol. The Hall–Kier alpha value is -2.45. The van der Waals surface area contributed by atoms with Gasteiger partial charge in [0.25, 0.3) is 0 Å². The van der Waals surface area contributed by atoms with Crippen molar-refractivity contribution in [2.75, 3.05) is 14.1 Å². The summed E-state index contributed by atoms with van der Waals surface area (Å²) in [6.45, 7) is -0.00274. The minimum Gasteiger partial charge on any atom is -0.481 e. The molecule has 0 radical (unpaired) electrons. The van der Waals surface area contributed by atoms with E-state index in [9.17, 15) is 5.11 Å². The largest absolute Gasteiger partial charge is 0.481 e. The van der Waals surface area contributed by atoms with E-state index in [-0.39, 0.29) is 12.7 Å². The molecule has 8 heteroatoms. The van der Waals surface area contributed by atoms with Crippen LogP contribution in [0.4, 0.5) is 0 Å². The lowest BCUT2D eigenvalue weighted by Crippen LogP contribution is -2.33. The lowest BCUT2D eigenvalue weighted by Gasteiger charge is -2.27. The van der Waals surface area contributed by atoms with Crippen LogP contribution < -0.4 is 4.74 Å². The van der Waals surface area contributed by atoms with Crippen LogP contribution in [0.25, 0.3) is 21.3 Å². The summed E-state index contributed by atoms with van der Waals surface area (Å²) in [4.78, 5) is 7.63. The summed E-state index contributed by atoms with van der Waals surface area (Å²) in [7, 11) is 4.25. The molecule has 0 fully saturated rings. The van der Waals surface area contributed by atoms with Gasteiger partial charge >= 0.3 is 0 Å². The van der Waals surface area contributed by atoms with Crippen LogP contribution in [0.1, 0.15) is 40.0 Å². The molecule has 3 aromatic heterocycles. The number of likely N-dealkylation sites (N-methyl/N-ethyl adjacent to an activating group) is 1. The fraction of sp³-hybridized carbons (Fsp3) is 0.360. The van der Waals surface area contributed by atoms with Gasteiger partial charge in [-0.1, -0.05) is 16.8 Å². The number of aliphatic hydroxyl groups excluding tert-OH is 1. The molecule has 1 unspecified atom stereocenters. The molecule has 33 heavy (non-hydrogen) atoms. The predicted molar refractivity (Wildman–Crippen MR) is 129 cm³/mol. The quantitative estimate of drug-likeness (QED) is 0.432. The number of nitrogens with zero attached hydrogens (tertiary/aromatic N) is 3. The molecule has 170 valence electrons. The number of ether oxygens (including phenoxy) is 1. The van der Waals surface area contributed by atoms with Crippen molar-refractivity contribution < 1.29 is 14.4 Å². The Balaban J connectivity index is 1.40. The second kappa shape index (κ2) is 8.09. The zero-order chi connectivity index (χ0) is 22.7. The van der Waals surface area contributed by atoms with Gasteiger partial charge in [0.1, 0.15) is 5.75 Å². The summed E-state index contributed by atoms with van der Waals surface area (Å²) in [5, 5.41) is 14.7. The van der Waals surface area contributed by atoms with Crippen LogP contribution in [0.15, 0.2) is 35.0 Å². The molecule has 0 amide bonds. The predicted octanol–water partition coefficient (Wildman–Crippen LogP) is 5.19. The topological polar surface area (TPSA) is 71.6 Å². The highest BCUT2D eigenvalue weighted by Gasteiger charge is 2.36. The van der Waals surface area contributed by atoms with Gasteiger partial charge in [-0.05, 0) is 57.6 Å². The monoisotopic (exact) mass is 481 g/mol. The summed E-state index contributed by atoms with van der Waals surface area (Å²) >= 11 is 8.10. The SMILES string of the molecule is CN(C)[C@H]1CCc2noc(C3Cc4cc(Cl)cc(-c5ccnc6cc(CO)sc56)c4O3)c2C1. The van der Waals surface area contributed by atoms with Crippen molar-refractivity contribution in [3.63, 3.8) is 0 Å². The first-order valence-corrected chi connectivity index (χ1v) is 12.3. The molecule has 0 spiro atoms. The Labute approximate surface area is 200 Å². The van der Waals surface area contributed by atoms with Crippen molar-refractivity contribution in [2.24, 2.45) is 0 Å². The summed E-state index contributed by atoms with van der Waals surface area (Å²) in [5.41, 5.74) is 6.14. The molecule has 1 aliphatic heterocycles. The van der Waals surface area contributed by atoms with E-state index in [2.05, 4.69) is 29.1 Å². The third-order valence-electron chi connectivity index (χ3n) is 6.78. The van der Waals surface area contributed by atoms with Crippen LogP contribution in [0.5, 0.6) is 5.75 Å². The first kappa shape index (κ1) is 21.1. The lowest BCUT2D eigenvalue weighted by molar-refractivity contribution is 0.188. The van der Waals surface area contributed by atoms with Crippen molar-refractivity contribution in [2.45, 2.75) is 44.4 Å². The molecule has 1 aromatic carbocycles. The third kappa shape index (κ3) is 3.54. The number of pyridine rings is 1. The summed E-state index contributed by atoms with van der Waals surface area (Å²) < 4.78 is 13.4. The second-order valence-corrected chi connectivity index (χ2v) is 10.6. The highest BCUT2D eigenvalue weighted by molar-refractivity contribution is 7.19. The van der Waals surface area contributed by atoms with Crippen LogP contribution >= 0.6 is 22.9 Å². The molecule has 2 aliphatic rings. The first-order chi connectivity index (χ1) is 16.0. The second-order valence-electron chi connectivity index (χ2n) is 9.03. The van der Waals surface area contributed by atoms with Gasteiger partial charge in [-0.2, -0.15) is 0 Å². The smallest absolute Gasteiger partial charge is 0.181 e. The van der Waals surface area contributed by atoms with Crippen molar-refractivity contribution in [1.82, 2.24) is 15.0 Å². The highest BCUT2D eigenvalue weighted by atomic mass is 35.5. The van der Waals surface area contributed by atoms with Gasteiger partial charge in [0.2, 0.25) is 0 Å². The van der Waals surface area contributed by atoms with E-state index >= 15 is 0 Å². The maximum Gasteiger partial charge on any atom is 0.181 e. The zero-order valence-corrected chi connectivity index (χ0v) is 20.0. The Bertz CT molecular complexity index is 1360. The van der Waals surface area contributed by atoms with Crippen molar-refractivity contribution >= 4 is 33.2 Å². The fourth-order valence-corrected chi connectivity index (χ4v) is 6.30. The maximum absolute atomic E-state index is 9.61. The van der Waals surface area contributed by atoms with Gasteiger partial charge in [0.15, 0.2) is 11.9 Å². The van der Waals surface area contributed by atoms with E-state index in [1.165, 1.54) is 5.56 Å². The minimum absolute atomic E-state index is 0.00274. The van der Waals surface area contributed by atoms with Gasteiger partial charge in [-0.15, -0.1) is 11.3 Å². The number of hydrogen-bond acceptors (Lipinski definition) is 7. The standard InChI is InChI=1S/C25H24ClN3O3S/c1-29(2)15-3-4-20-19(10-15)24(32-28-20)22-8-13-7-14(26)9-18(23(13)31-22)17-5-6-27-21-11-16(12-30)33-25(17)21/h5-7,9,11,15,22,30H,3-4,8,10,12H2,1-2H3/t15-,22?/m0/s1. The molecule has 6 rings (SSSR count). The number of halogens is 1. The number of aliphatic hydroxyl groups is 1. The van der Waals surface area contributed by atoms with Gasteiger partial charge in [-0.3, -0.25) is 4.98 Å². The van der Waals surface area contributed by atoms with E-state index in [4.69, 9.17) is 20.9 Å². The Morgan fingerprint density at radius 3 is 2.91 bits per heavy atom. The summed E-state index contributed by atoms with van der Waals surface area (Å²) in [6, 6.07) is 8.33. The minimum atomic E-state index is -0.219. The molecule has 4 aromatic rings. The molecule has 6 nitrogen and oxygen atoms in total. The Kier molecular flexibility index (Phi) is 5.18. The van der Waals surface area contributed by atoms with Crippen molar-refractivity contribution in [1.29, 1.82) is 0 Å². The average Bonchev–Trinajstić information content (AvgIpc) is 3.53. The van der Waals surface area contributed by atoms with E-state index in [0.717, 1.165) is 68.3 Å². The van der Waals surface area contributed by atoms with Gasteiger partial charge in [0.05, 0.1) is 22.5 Å². The van der Waals surface area contributed by atoms with E-state index in [1.807, 2.05) is 24.3 Å². The van der Waals surface area contributed by atoms with Gasteiger partial charge in [-0.25, -0.2) is 0 Å². The van der Waals surface area contributed by atoms with Crippen LogP contribution in [0.3, 0.4) is 0 Å². The molecule has 4 heterocycles. The van der Waals surface area contributed by atoms with Crippen LogP contribution in [0, 0.1) is 0 Å². The molecule has 0 bridgehead atoms. The lowest BCUT2D eigenvalue weighted by atomic mass is 9.89. The average molecular weight is 482 g/mol. The normalized spacial score (nSPS) is 19.7. The number of thiophene rings is 1. The summed E-state index contributed by atoms with van der Waals surface area (Å²) in [5.74, 6) is 1.68.